The van der Waals surface area contributed by atoms with Crippen LogP contribution in [0, 0.1) is 6.92 Å². The molecule has 0 atom stereocenters. The fourth-order valence-corrected chi connectivity index (χ4v) is 2.23. The van der Waals surface area contributed by atoms with Crippen LogP contribution in [-0.4, -0.2) is 27.6 Å². The number of rotatable bonds is 7. The van der Waals surface area contributed by atoms with Crippen molar-refractivity contribution in [2.24, 2.45) is 0 Å². The van der Waals surface area contributed by atoms with Crippen molar-refractivity contribution in [1.29, 1.82) is 0 Å². The summed E-state index contributed by atoms with van der Waals surface area (Å²) in [5, 5.41) is 8.44. The van der Waals surface area contributed by atoms with Gasteiger partial charge in [-0.2, -0.15) is 0 Å². The van der Waals surface area contributed by atoms with Gasteiger partial charge in [-0.1, -0.05) is 30.7 Å². The molecule has 0 fully saturated rings. The predicted octanol–water partition coefficient (Wildman–Crippen LogP) is 3.49. The lowest BCUT2D eigenvalue weighted by Gasteiger charge is -2.07. The van der Waals surface area contributed by atoms with Crippen molar-refractivity contribution in [3.05, 3.63) is 47.3 Å². The van der Waals surface area contributed by atoms with Gasteiger partial charge in [0, 0.05) is 11.6 Å². The van der Waals surface area contributed by atoms with Crippen molar-refractivity contribution in [1.82, 2.24) is 15.0 Å². The molecule has 5 heteroatoms. The Kier molecular flexibility index (Phi) is 6.09. The minimum absolute atomic E-state index is 0.346. The van der Waals surface area contributed by atoms with Crippen molar-refractivity contribution in [3.8, 4) is 5.69 Å². The predicted molar refractivity (Wildman–Crippen MR) is 90.4 cm³/mol. The van der Waals surface area contributed by atoms with Gasteiger partial charge in [0.15, 0.2) is 0 Å². The van der Waals surface area contributed by atoms with Crippen molar-refractivity contribution in [2.45, 2.75) is 40.0 Å². The van der Waals surface area contributed by atoms with Crippen LogP contribution in [0.15, 0.2) is 30.5 Å². The van der Waals surface area contributed by atoms with Crippen LogP contribution in [0.2, 0.25) is 0 Å². The topological polar surface area (TPSA) is 57.0 Å². The molecule has 0 radical (unpaired) electrons. The molecular weight excluding hydrogens is 290 g/mol. The summed E-state index contributed by atoms with van der Waals surface area (Å²) in [6, 6.07) is 6.00. The summed E-state index contributed by atoms with van der Waals surface area (Å²) in [5.41, 5.74) is 3.91. The maximum Gasteiger partial charge on any atom is 0.330 e. The Morgan fingerprint density at radius 2 is 2.17 bits per heavy atom. The van der Waals surface area contributed by atoms with Crippen molar-refractivity contribution >= 4 is 12.0 Å². The number of carbonyl (C=O) groups is 1. The lowest BCUT2D eigenvalue weighted by molar-refractivity contribution is -0.137. The third-order valence-electron chi connectivity index (χ3n) is 3.45. The van der Waals surface area contributed by atoms with Gasteiger partial charge in [-0.15, -0.1) is 5.10 Å². The van der Waals surface area contributed by atoms with Crippen LogP contribution in [0.5, 0.6) is 0 Å². The number of benzene rings is 1. The van der Waals surface area contributed by atoms with Gasteiger partial charge in [-0.05, 0) is 44.4 Å². The van der Waals surface area contributed by atoms with Gasteiger partial charge in [-0.3, -0.25) is 0 Å². The lowest BCUT2D eigenvalue weighted by atomic mass is 10.1. The monoisotopic (exact) mass is 313 g/mol. The molecule has 2 rings (SSSR count). The van der Waals surface area contributed by atoms with Gasteiger partial charge in [0.25, 0.3) is 0 Å². The highest BCUT2D eigenvalue weighted by molar-refractivity contribution is 5.87. The molecule has 2 aromatic rings. The van der Waals surface area contributed by atoms with E-state index in [2.05, 4.69) is 17.2 Å². The van der Waals surface area contributed by atoms with Crippen molar-refractivity contribution in [3.63, 3.8) is 0 Å². The fraction of sp³-hybridized carbons (Fsp3) is 0.389. The number of hydrogen-bond acceptors (Lipinski definition) is 4. The first-order valence-electron chi connectivity index (χ1n) is 8.01. The number of ether oxygens (including phenoxy) is 1. The smallest absolute Gasteiger partial charge is 0.330 e. The third-order valence-corrected chi connectivity index (χ3v) is 3.45. The first-order chi connectivity index (χ1) is 11.1. The maximum atomic E-state index is 11.5. The Balaban J connectivity index is 2.28. The molecule has 1 heterocycles. The zero-order valence-electron chi connectivity index (χ0n) is 14.0. The molecule has 0 saturated carbocycles. The van der Waals surface area contributed by atoms with E-state index < -0.39 is 0 Å². The summed E-state index contributed by atoms with van der Waals surface area (Å²) < 4.78 is 6.69. The first kappa shape index (κ1) is 16.9. The van der Waals surface area contributed by atoms with E-state index in [1.54, 1.807) is 17.7 Å². The molecule has 1 aromatic carbocycles. The molecule has 122 valence electrons. The van der Waals surface area contributed by atoms with Gasteiger partial charge >= 0.3 is 5.97 Å². The zero-order chi connectivity index (χ0) is 16.7. The highest BCUT2D eigenvalue weighted by Crippen LogP contribution is 2.18. The number of carbonyl (C=O) groups excluding carboxylic acids is 1. The quantitative estimate of drug-likeness (QED) is 0.580. The van der Waals surface area contributed by atoms with E-state index in [9.17, 15) is 4.79 Å². The molecule has 0 aliphatic carbocycles. The van der Waals surface area contributed by atoms with E-state index in [0.29, 0.717) is 6.61 Å². The van der Waals surface area contributed by atoms with Gasteiger partial charge in [0.2, 0.25) is 0 Å². The summed E-state index contributed by atoms with van der Waals surface area (Å²) in [4.78, 5) is 11.5. The maximum absolute atomic E-state index is 11.5. The minimum atomic E-state index is -0.346. The van der Waals surface area contributed by atoms with E-state index in [0.717, 1.165) is 41.8 Å². The standard InChI is InChI=1S/C18H23N3O2/c1-4-6-7-16-13-21(20-19-16)17-12-14(3)8-9-15(17)10-11-18(22)23-5-2/h8-13H,4-7H2,1-3H3/b11-10+. The van der Waals surface area contributed by atoms with Crippen LogP contribution in [-0.2, 0) is 16.0 Å². The molecule has 23 heavy (non-hydrogen) atoms. The van der Waals surface area contributed by atoms with Gasteiger partial charge in [0.1, 0.15) is 0 Å². The van der Waals surface area contributed by atoms with Crippen molar-refractivity contribution in [2.75, 3.05) is 6.61 Å². The molecule has 0 saturated heterocycles. The van der Waals surface area contributed by atoms with E-state index >= 15 is 0 Å². The molecular formula is C18H23N3O2. The van der Waals surface area contributed by atoms with Crippen LogP contribution in [0.25, 0.3) is 11.8 Å². The van der Waals surface area contributed by atoms with E-state index in [-0.39, 0.29) is 5.97 Å². The Morgan fingerprint density at radius 1 is 1.35 bits per heavy atom. The number of nitrogens with zero attached hydrogens (tertiary/aromatic N) is 3. The fourth-order valence-electron chi connectivity index (χ4n) is 2.23. The molecule has 0 aliphatic rings. The Labute approximate surface area is 137 Å². The van der Waals surface area contributed by atoms with Crippen LogP contribution < -0.4 is 0 Å². The van der Waals surface area contributed by atoms with Gasteiger partial charge in [-0.25, -0.2) is 9.48 Å². The van der Waals surface area contributed by atoms with Gasteiger partial charge < -0.3 is 4.74 Å². The molecule has 0 spiro atoms. The van der Waals surface area contributed by atoms with Crippen LogP contribution in [0.1, 0.15) is 43.5 Å². The van der Waals surface area contributed by atoms with Crippen LogP contribution in [0.3, 0.4) is 0 Å². The molecule has 0 bridgehead atoms. The largest absolute Gasteiger partial charge is 0.463 e. The van der Waals surface area contributed by atoms with E-state index in [1.165, 1.54) is 6.08 Å². The number of hydrogen-bond donors (Lipinski definition) is 0. The summed E-state index contributed by atoms with van der Waals surface area (Å²) in [7, 11) is 0. The van der Waals surface area contributed by atoms with Crippen molar-refractivity contribution < 1.29 is 9.53 Å². The zero-order valence-corrected chi connectivity index (χ0v) is 14.0. The molecule has 0 aliphatic heterocycles. The normalized spacial score (nSPS) is 11.1. The number of esters is 1. The third kappa shape index (κ3) is 4.77. The van der Waals surface area contributed by atoms with E-state index in [4.69, 9.17) is 4.74 Å². The highest BCUT2D eigenvalue weighted by atomic mass is 16.5. The SMILES string of the molecule is CCCCc1cn(-c2cc(C)ccc2/C=C/C(=O)OCC)nn1. The Hall–Kier alpha value is -2.43. The second kappa shape index (κ2) is 8.27. The Morgan fingerprint density at radius 3 is 2.91 bits per heavy atom. The summed E-state index contributed by atoms with van der Waals surface area (Å²) in [6.07, 6.45) is 8.29. The summed E-state index contributed by atoms with van der Waals surface area (Å²) in [5.74, 6) is -0.346. The second-order valence-corrected chi connectivity index (χ2v) is 5.41. The van der Waals surface area contributed by atoms with Crippen LogP contribution >= 0.6 is 0 Å². The summed E-state index contributed by atoms with van der Waals surface area (Å²) >= 11 is 0. The molecule has 1 aromatic heterocycles. The molecule has 0 amide bonds. The average Bonchev–Trinajstić information content (AvgIpc) is 3.00. The summed E-state index contributed by atoms with van der Waals surface area (Å²) in [6.45, 7) is 6.34. The Bertz CT molecular complexity index is 689. The van der Waals surface area contributed by atoms with E-state index in [1.807, 2.05) is 31.3 Å². The highest BCUT2D eigenvalue weighted by Gasteiger charge is 2.07. The first-order valence-corrected chi connectivity index (χ1v) is 8.01. The lowest BCUT2D eigenvalue weighted by Crippen LogP contribution is -2.01. The second-order valence-electron chi connectivity index (χ2n) is 5.41. The number of unbranched alkanes of at least 4 members (excludes halogenated alkanes) is 1. The number of aryl methyl sites for hydroxylation is 2. The molecule has 0 N–H and O–H groups in total. The van der Waals surface area contributed by atoms with Gasteiger partial charge in [0.05, 0.1) is 24.2 Å². The molecule has 5 nitrogen and oxygen atoms in total. The van der Waals surface area contributed by atoms with Crippen LogP contribution in [0.4, 0.5) is 0 Å². The average molecular weight is 313 g/mol. The minimum Gasteiger partial charge on any atom is -0.463 e. The number of aromatic nitrogens is 3. The molecule has 0 unspecified atom stereocenters.